The van der Waals surface area contributed by atoms with Gasteiger partial charge in [-0.3, -0.25) is 19.5 Å². The number of imidazole rings is 1. The van der Waals surface area contributed by atoms with Gasteiger partial charge in [0.2, 0.25) is 0 Å². The molecule has 0 aliphatic carbocycles. The molecule has 166 valence electrons. The average Bonchev–Trinajstić information content (AvgIpc) is 3.29. The minimum absolute atomic E-state index is 0.0831. The van der Waals surface area contributed by atoms with Gasteiger partial charge in [-0.1, -0.05) is 0 Å². The number of likely N-dealkylation sites (tertiary alicyclic amines) is 1. The number of H-pyrrole nitrogens is 1. The first kappa shape index (κ1) is 20.7. The molecule has 2 N–H and O–H groups in total. The Morgan fingerprint density at radius 2 is 2.03 bits per heavy atom. The summed E-state index contributed by atoms with van der Waals surface area (Å²) in [5, 5.41) is 12.7. The lowest BCUT2D eigenvalue weighted by Crippen LogP contribution is -2.57. The number of aryl methyl sites for hydroxylation is 1. The second kappa shape index (κ2) is 7.45. The van der Waals surface area contributed by atoms with E-state index < -0.39 is 5.54 Å². The van der Waals surface area contributed by atoms with Crippen LogP contribution in [0.3, 0.4) is 0 Å². The zero-order chi connectivity index (χ0) is 23.3. The molecule has 2 amide bonds. The van der Waals surface area contributed by atoms with E-state index in [0.717, 1.165) is 16.9 Å². The molecule has 33 heavy (non-hydrogen) atoms. The number of aromatic nitrogens is 3. The summed E-state index contributed by atoms with van der Waals surface area (Å²) in [6.07, 6.45) is 5.01. The molecule has 1 fully saturated rings. The van der Waals surface area contributed by atoms with Gasteiger partial charge in [0.05, 0.1) is 47.0 Å². The molecule has 3 aromatic rings. The van der Waals surface area contributed by atoms with Crippen LogP contribution < -0.4 is 10.2 Å². The van der Waals surface area contributed by atoms with Crippen molar-refractivity contribution in [1.29, 1.82) is 5.26 Å². The van der Waals surface area contributed by atoms with Gasteiger partial charge in [-0.2, -0.15) is 5.26 Å². The molecule has 0 spiro atoms. The molecule has 1 saturated heterocycles. The van der Waals surface area contributed by atoms with Crippen LogP contribution in [0, 0.1) is 18.3 Å². The molecule has 0 atom stereocenters. The highest BCUT2D eigenvalue weighted by atomic mass is 16.2. The van der Waals surface area contributed by atoms with Gasteiger partial charge < -0.3 is 15.2 Å². The van der Waals surface area contributed by atoms with Crippen LogP contribution in [0.5, 0.6) is 0 Å². The van der Waals surface area contributed by atoms with Crippen LogP contribution >= 0.6 is 0 Å². The van der Waals surface area contributed by atoms with Gasteiger partial charge in [0.1, 0.15) is 0 Å². The van der Waals surface area contributed by atoms with Gasteiger partial charge in [0.15, 0.2) is 5.82 Å². The maximum Gasteiger partial charge on any atom is 0.289 e. The quantitative estimate of drug-likeness (QED) is 0.643. The highest BCUT2D eigenvalue weighted by molar-refractivity contribution is 6.12. The van der Waals surface area contributed by atoms with Crippen molar-refractivity contribution in [3.8, 4) is 6.07 Å². The highest BCUT2D eigenvalue weighted by Gasteiger charge is 2.44. The minimum atomic E-state index is -0.625. The number of rotatable bonds is 4. The molecular weight excluding hydrogens is 418 g/mol. The zero-order valence-corrected chi connectivity index (χ0v) is 18.6. The number of carbonyl (C=O) groups is 2. The number of carbonyl (C=O) groups excluding carboxylic acids is 2. The fourth-order valence-electron chi connectivity index (χ4n) is 4.51. The molecule has 2 aromatic heterocycles. The average molecular weight is 441 g/mol. The third kappa shape index (κ3) is 3.40. The third-order valence-corrected chi connectivity index (χ3v) is 6.23. The van der Waals surface area contributed by atoms with E-state index in [-0.39, 0.29) is 17.9 Å². The van der Waals surface area contributed by atoms with Crippen molar-refractivity contribution in [3.05, 3.63) is 71.1 Å². The Morgan fingerprint density at radius 1 is 1.24 bits per heavy atom. The van der Waals surface area contributed by atoms with Gasteiger partial charge in [-0.25, -0.2) is 4.98 Å². The molecule has 1 aromatic carbocycles. The summed E-state index contributed by atoms with van der Waals surface area (Å²) < 4.78 is 0. The van der Waals surface area contributed by atoms with Crippen molar-refractivity contribution in [3.63, 3.8) is 0 Å². The molecule has 2 aliphatic heterocycles. The number of nitrogens with one attached hydrogen (secondary N) is 2. The third-order valence-electron chi connectivity index (χ3n) is 6.23. The van der Waals surface area contributed by atoms with Crippen molar-refractivity contribution in [2.24, 2.45) is 0 Å². The second-order valence-electron chi connectivity index (χ2n) is 8.97. The van der Waals surface area contributed by atoms with Crippen LogP contribution in [-0.4, -0.2) is 50.8 Å². The first-order valence-electron chi connectivity index (χ1n) is 10.7. The smallest absolute Gasteiger partial charge is 0.289 e. The Hall–Kier alpha value is -4.19. The Labute approximate surface area is 191 Å². The van der Waals surface area contributed by atoms with E-state index in [2.05, 4.69) is 26.3 Å². The summed E-state index contributed by atoms with van der Waals surface area (Å²) >= 11 is 0. The Morgan fingerprint density at radius 3 is 2.73 bits per heavy atom. The van der Waals surface area contributed by atoms with E-state index in [1.165, 1.54) is 0 Å². The number of nitrogens with zero attached hydrogens (tertiary/aromatic N) is 5. The number of hydrogen-bond donors (Lipinski definition) is 2. The monoisotopic (exact) mass is 441 g/mol. The minimum Gasteiger partial charge on any atom is -0.377 e. The van der Waals surface area contributed by atoms with E-state index in [1.807, 2.05) is 26.8 Å². The van der Waals surface area contributed by atoms with Crippen LogP contribution in [0.15, 0.2) is 42.9 Å². The summed E-state index contributed by atoms with van der Waals surface area (Å²) in [5.74, 6) is 0.114. The van der Waals surface area contributed by atoms with Gasteiger partial charge in [-0.05, 0) is 50.6 Å². The Balaban J connectivity index is 1.31. The first-order chi connectivity index (χ1) is 15.8. The van der Waals surface area contributed by atoms with Crippen molar-refractivity contribution in [2.45, 2.75) is 32.4 Å². The number of pyridine rings is 1. The summed E-state index contributed by atoms with van der Waals surface area (Å²) in [5.41, 5.74) is 3.62. The lowest BCUT2D eigenvalue weighted by Gasteiger charge is -2.39. The molecule has 0 unspecified atom stereocenters. The Kier molecular flexibility index (Phi) is 4.67. The SMILES string of the molecule is Cc1cnc(C(=O)N2CC(Nc3cncc(N4C(=O)c5ccc(C#N)cc5C4(C)C)c3)C2)[nH]1. The zero-order valence-electron chi connectivity index (χ0n) is 18.6. The van der Waals surface area contributed by atoms with Crippen LogP contribution in [0.25, 0.3) is 0 Å². The molecule has 9 heteroatoms. The molecule has 4 heterocycles. The van der Waals surface area contributed by atoms with Crippen LogP contribution in [0.1, 0.15) is 51.6 Å². The first-order valence-corrected chi connectivity index (χ1v) is 10.7. The number of aromatic amines is 1. The lowest BCUT2D eigenvalue weighted by molar-refractivity contribution is 0.0613. The molecular formula is C24H23N7O2. The van der Waals surface area contributed by atoms with Gasteiger partial charge in [0.25, 0.3) is 11.8 Å². The predicted octanol–water partition coefficient (Wildman–Crippen LogP) is 2.82. The molecule has 0 radical (unpaired) electrons. The summed E-state index contributed by atoms with van der Waals surface area (Å²) in [7, 11) is 0. The highest BCUT2D eigenvalue weighted by Crippen LogP contribution is 2.42. The van der Waals surface area contributed by atoms with E-state index in [0.29, 0.717) is 35.7 Å². The number of amides is 2. The Bertz CT molecular complexity index is 1310. The standard InChI is InChI=1S/C24H23N7O2/c1-14-9-27-21(28-14)23(33)30-12-17(13-30)29-16-7-18(11-26-10-16)31-22(32)19-5-4-15(8-25)6-20(19)24(31,2)3/h4-7,9-11,17,29H,12-13H2,1-3H3,(H,27,28). The van der Waals surface area contributed by atoms with Crippen molar-refractivity contribution >= 4 is 23.2 Å². The molecule has 0 saturated carbocycles. The maximum absolute atomic E-state index is 13.2. The maximum atomic E-state index is 13.2. The summed E-state index contributed by atoms with van der Waals surface area (Å²) in [6, 6.07) is 9.28. The number of anilines is 2. The van der Waals surface area contributed by atoms with Gasteiger partial charge in [0, 0.05) is 30.5 Å². The van der Waals surface area contributed by atoms with E-state index in [1.54, 1.807) is 46.6 Å². The number of fused-ring (bicyclic) bond motifs is 1. The topological polar surface area (TPSA) is 118 Å². The van der Waals surface area contributed by atoms with E-state index >= 15 is 0 Å². The molecule has 2 aliphatic rings. The van der Waals surface area contributed by atoms with Crippen molar-refractivity contribution < 1.29 is 9.59 Å². The molecule has 5 rings (SSSR count). The number of benzene rings is 1. The van der Waals surface area contributed by atoms with Crippen molar-refractivity contribution in [1.82, 2.24) is 19.9 Å². The summed E-state index contributed by atoms with van der Waals surface area (Å²) in [6.45, 7) is 6.89. The fourth-order valence-corrected chi connectivity index (χ4v) is 4.51. The molecule has 9 nitrogen and oxygen atoms in total. The van der Waals surface area contributed by atoms with E-state index in [4.69, 9.17) is 0 Å². The van der Waals surface area contributed by atoms with Gasteiger partial charge in [-0.15, -0.1) is 0 Å². The van der Waals surface area contributed by atoms with Crippen LogP contribution in [0.2, 0.25) is 0 Å². The predicted molar refractivity (Wildman–Crippen MR) is 122 cm³/mol. The van der Waals surface area contributed by atoms with Crippen LogP contribution in [-0.2, 0) is 5.54 Å². The van der Waals surface area contributed by atoms with Crippen molar-refractivity contribution in [2.75, 3.05) is 23.3 Å². The van der Waals surface area contributed by atoms with E-state index in [9.17, 15) is 14.9 Å². The lowest BCUT2D eigenvalue weighted by atomic mass is 9.92. The van der Waals surface area contributed by atoms with Crippen LogP contribution in [0.4, 0.5) is 11.4 Å². The largest absolute Gasteiger partial charge is 0.377 e. The van der Waals surface area contributed by atoms with Gasteiger partial charge >= 0.3 is 0 Å². The summed E-state index contributed by atoms with van der Waals surface area (Å²) in [4.78, 5) is 40.5. The number of nitriles is 1. The normalized spacial score (nSPS) is 16.8. The molecule has 0 bridgehead atoms. The fraction of sp³-hybridized carbons (Fsp3) is 0.292. The number of hydrogen-bond acceptors (Lipinski definition) is 6. The second-order valence-corrected chi connectivity index (χ2v) is 8.97.